The standard InChI is InChI=1S/C10H22N2O3S/c1-5-8(2)12-9(13)6-16(14,15)7-10(3,4)11/h8H,5-7,11H2,1-4H3,(H,12,13). The van der Waals surface area contributed by atoms with Gasteiger partial charge < -0.3 is 11.1 Å². The van der Waals surface area contributed by atoms with Gasteiger partial charge in [0.05, 0.1) is 5.75 Å². The van der Waals surface area contributed by atoms with Crippen molar-refractivity contribution in [2.24, 2.45) is 5.73 Å². The van der Waals surface area contributed by atoms with E-state index in [0.29, 0.717) is 0 Å². The molecule has 0 rings (SSSR count). The van der Waals surface area contributed by atoms with Crippen molar-refractivity contribution in [1.29, 1.82) is 0 Å². The first-order chi connectivity index (χ1) is 7.06. The molecule has 1 atom stereocenters. The van der Waals surface area contributed by atoms with Crippen molar-refractivity contribution < 1.29 is 13.2 Å². The normalized spacial score (nSPS) is 14.6. The summed E-state index contributed by atoms with van der Waals surface area (Å²) in [6, 6.07) is -0.00594. The highest BCUT2D eigenvalue weighted by molar-refractivity contribution is 7.92. The van der Waals surface area contributed by atoms with Crippen molar-refractivity contribution in [3.8, 4) is 0 Å². The van der Waals surface area contributed by atoms with Crippen molar-refractivity contribution in [2.75, 3.05) is 11.5 Å². The number of nitrogens with two attached hydrogens (primary N) is 1. The van der Waals surface area contributed by atoms with E-state index in [1.165, 1.54) is 0 Å². The number of hydrogen-bond donors (Lipinski definition) is 2. The van der Waals surface area contributed by atoms with E-state index in [-0.39, 0.29) is 11.8 Å². The van der Waals surface area contributed by atoms with Crippen LogP contribution in [0.5, 0.6) is 0 Å². The van der Waals surface area contributed by atoms with Gasteiger partial charge in [-0.3, -0.25) is 4.79 Å². The van der Waals surface area contributed by atoms with Gasteiger partial charge in [0, 0.05) is 11.6 Å². The van der Waals surface area contributed by atoms with E-state index in [1.807, 2.05) is 13.8 Å². The van der Waals surface area contributed by atoms with E-state index in [0.717, 1.165) is 6.42 Å². The van der Waals surface area contributed by atoms with Crippen LogP contribution in [0.15, 0.2) is 0 Å². The summed E-state index contributed by atoms with van der Waals surface area (Å²) in [7, 11) is -3.43. The zero-order valence-electron chi connectivity index (χ0n) is 10.4. The van der Waals surface area contributed by atoms with Crippen LogP contribution in [0.4, 0.5) is 0 Å². The van der Waals surface area contributed by atoms with E-state index in [1.54, 1.807) is 13.8 Å². The summed E-state index contributed by atoms with van der Waals surface area (Å²) >= 11 is 0. The van der Waals surface area contributed by atoms with Crippen LogP contribution in [0.2, 0.25) is 0 Å². The fourth-order valence-electron chi connectivity index (χ4n) is 1.24. The van der Waals surface area contributed by atoms with Crippen LogP contribution in [-0.4, -0.2) is 37.4 Å². The highest BCUT2D eigenvalue weighted by Gasteiger charge is 2.24. The maximum absolute atomic E-state index is 11.6. The monoisotopic (exact) mass is 250 g/mol. The Hall–Kier alpha value is -0.620. The molecule has 0 heterocycles. The molecule has 0 aliphatic rings. The molecule has 0 fully saturated rings. The van der Waals surface area contributed by atoms with E-state index in [4.69, 9.17) is 5.73 Å². The molecular formula is C10H22N2O3S. The molecule has 6 heteroatoms. The van der Waals surface area contributed by atoms with Crippen LogP contribution < -0.4 is 11.1 Å². The van der Waals surface area contributed by atoms with E-state index in [2.05, 4.69) is 5.32 Å². The second-order valence-corrected chi connectivity index (χ2v) is 6.96. The first kappa shape index (κ1) is 15.4. The fourth-order valence-corrected chi connectivity index (χ4v) is 2.95. The Morgan fingerprint density at radius 3 is 2.31 bits per heavy atom. The highest BCUT2D eigenvalue weighted by atomic mass is 32.2. The smallest absolute Gasteiger partial charge is 0.235 e. The third kappa shape index (κ3) is 7.64. The first-order valence-corrected chi connectivity index (χ1v) is 7.16. The Labute approximate surface area is 97.7 Å². The van der Waals surface area contributed by atoms with Gasteiger partial charge in [-0.25, -0.2) is 8.42 Å². The van der Waals surface area contributed by atoms with Gasteiger partial charge in [-0.05, 0) is 27.2 Å². The first-order valence-electron chi connectivity index (χ1n) is 5.34. The summed E-state index contributed by atoms with van der Waals surface area (Å²) < 4.78 is 23.2. The molecule has 96 valence electrons. The second kappa shape index (κ2) is 5.63. The molecule has 0 bridgehead atoms. The van der Waals surface area contributed by atoms with Gasteiger partial charge in [0.15, 0.2) is 9.84 Å². The van der Waals surface area contributed by atoms with Crippen LogP contribution >= 0.6 is 0 Å². The lowest BCUT2D eigenvalue weighted by molar-refractivity contribution is -0.119. The molecule has 1 amide bonds. The number of nitrogens with one attached hydrogen (secondary N) is 1. The lowest BCUT2D eigenvalue weighted by Gasteiger charge is -2.18. The lowest BCUT2D eigenvalue weighted by atomic mass is 10.1. The highest BCUT2D eigenvalue weighted by Crippen LogP contribution is 2.03. The predicted molar refractivity (Wildman–Crippen MR) is 64.8 cm³/mol. The molecule has 0 radical (unpaired) electrons. The lowest BCUT2D eigenvalue weighted by Crippen LogP contribution is -2.43. The molecule has 0 spiro atoms. The Balaban J connectivity index is 4.33. The number of amides is 1. The van der Waals surface area contributed by atoms with Gasteiger partial charge in [0.2, 0.25) is 5.91 Å². The fraction of sp³-hybridized carbons (Fsp3) is 0.900. The largest absolute Gasteiger partial charge is 0.353 e. The van der Waals surface area contributed by atoms with Crippen molar-refractivity contribution in [3.05, 3.63) is 0 Å². The minimum absolute atomic E-state index is 0.00594. The maximum Gasteiger partial charge on any atom is 0.235 e. The SMILES string of the molecule is CCC(C)NC(=O)CS(=O)(=O)CC(C)(C)N. The van der Waals surface area contributed by atoms with Crippen LogP contribution in [0.3, 0.4) is 0 Å². The molecular weight excluding hydrogens is 228 g/mol. The van der Waals surface area contributed by atoms with E-state index in [9.17, 15) is 13.2 Å². The van der Waals surface area contributed by atoms with Crippen LogP contribution in [-0.2, 0) is 14.6 Å². The van der Waals surface area contributed by atoms with Crippen molar-refractivity contribution in [3.63, 3.8) is 0 Å². The Bertz CT molecular complexity index is 330. The number of sulfone groups is 1. The predicted octanol–water partition coefficient (Wildman–Crippen LogP) is 0.0532. The summed E-state index contributed by atoms with van der Waals surface area (Å²) in [4.78, 5) is 11.4. The average molecular weight is 250 g/mol. The molecule has 16 heavy (non-hydrogen) atoms. The van der Waals surface area contributed by atoms with Crippen molar-refractivity contribution in [1.82, 2.24) is 5.32 Å². The number of rotatable bonds is 6. The minimum Gasteiger partial charge on any atom is -0.353 e. The molecule has 0 saturated heterocycles. The van der Waals surface area contributed by atoms with E-state index < -0.39 is 27.0 Å². The molecule has 0 saturated carbocycles. The van der Waals surface area contributed by atoms with Gasteiger partial charge in [-0.2, -0.15) is 0 Å². The average Bonchev–Trinajstić information content (AvgIpc) is 1.97. The van der Waals surface area contributed by atoms with Gasteiger partial charge >= 0.3 is 0 Å². The zero-order valence-corrected chi connectivity index (χ0v) is 11.2. The molecule has 0 aliphatic heterocycles. The molecule has 5 nitrogen and oxygen atoms in total. The number of carbonyl (C=O) groups is 1. The number of carbonyl (C=O) groups excluding carboxylic acids is 1. The van der Waals surface area contributed by atoms with Crippen molar-refractivity contribution in [2.45, 2.75) is 45.7 Å². The molecule has 0 aromatic heterocycles. The maximum atomic E-state index is 11.6. The van der Waals surface area contributed by atoms with Crippen LogP contribution in [0.1, 0.15) is 34.1 Å². The second-order valence-electron chi connectivity index (χ2n) is 4.90. The summed E-state index contributed by atoms with van der Waals surface area (Å²) in [6.07, 6.45) is 0.772. The third-order valence-corrected chi connectivity index (χ3v) is 3.85. The van der Waals surface area contributed by atoms with Crippen LogP contribution in [0.25, 0.3) is 0 Å². The Morgan fingerprint density at radius 1 is 1.44 bits per heavy atom. The van der Waals surface area contributed by atoms with Crippen LogP contribution in [0, 0.1) is 0 Å². The summed E-state index contributed by atoms with van der Waals surface area (Å²) in [6.45, 7) is 6.99. The quantitative estimate of drug-likeness (QED) is 0.697. The van der Waals surface area contributed by atoms with Gasteiger partial charge in [-0.1, -0.05) is 6.92 Å². The van der Waals surface area contributed by atoms with Gasteiger partial charge in [-0.15, -0.1) is 0 Å². The Kier molecular flexibility index (Phi) is 5.41. The number of hydrogen-bond acceptors (Lipinski definition) is 4. The molecule has 0 aromatic rings. The molecule has 3 N–H and O–H groups in total. The van der Waals surface area contributed by atoms with Gasteiger partial charge in [0.25, 0.3) is 0 Å². The molecule has 0 aliphatic carbocycles. The molecule has 0 aromatic carbocycles. The van der Waals surface area contributed by atoms with E-state index >= 15 is 0 Å². The molecule has 1 unspecified atom stereocenters. The summed E-state index contributed by atoms with van der Waals surface area (Å²) in [5, 5.41) is 2.61. The minimum atomic E-state index is -3.43. The third-order valence-electron chi connectivity index (χ3n) is 1.96. The summed E-state index contributed by atoms with van der Waals surface area (Å²) in [5.41, 5.74) is 4.80. The van der Waals surface area contributed by atoms with Gasteiger partial charge in [0.1, 0.15) is 5.75 Å². The zero-order chi connectivity index (χ0) is 13.0. The Morgan fingerprint density at radius 2 is 1.94 bits per heavy atom. The van der Waals surface area contributed by atoms with Crippen molar-refractivity contribution >= 4 is 15.7 Å². The summed E-state index contributed by atoms with van der Waals surface area (Å²) in [5.74, 6) is -1.13. The topological polar surface area (TPSA) is 89.3 Å².